The highest BCUT2D eigenvalue weighted by Gasteiger charge is 2.22. The standard InChI is InChI=1S/C19H21N7O2/c20-12-7-15-17(22-6-5-21-15)16(8-12)25-13-1-3-14(4-2-13)26-19-23-9-11(10-24-19)18(27)28/h5-10,13-14,25H,1-4,20H2,(H,27,28)(H,23,24,26). The van der Waals surface area contributed by atoms with Crippen LogP contribution in [0.2, 0.25) is 0 Å². The van der Waals surface area contributed by atoms with Crippen molar-refractivity contribution in [1.82, 2.24) is 19.9 Å². The van der Waals surface area contributed by atoms with E-state index in [9.17, 15) is 4.79 Å². The van der Waals surface area contributed by atoms with Crippen molar-refractivity contribution in [3.8, 4) is 0 Å². The zero-order chi connectivity index (χ0) is 19.5. The first-order valence-electron chi connectivity index (χ1n) is 9.17. The highest BCUT2D eigenvalue weighted by Crippen LogP contribution is 2.28. The van der Waals surface area contributed by atoms with Gasteiger partial charge >= 0.3 is 5.97 Å². The molecule has 5 N–H and O–H groups in total. The lowest BCUT2D eigenvalue weighted by Crippen LogP contribution is -2.33. The topological polar surface area (TPSA) is 139 Å². The molecule has 3 aromatic rings. The predicted octanol–water partition coefficient (Wildman–Crippen LogP) is 2.54. The Labute approximate surface area is 161 Å². The fourth-order valence-electron chi connectivity index (χ4n) is 3.50. The molecule has 1 aromatic carbocycles. The quantitative estimate of drug-likeness (QED) is 0.492. The molecule has 0 aliphatic heterocycles. The van der Waals surface area contributed by atoms with E-state index in [1.807, 2.05) is 12.1 Å². The Balaban J connectivity index is 1.36. The molecule has 0 spiro atoms. The minimum Gasteiger partial charge on any atom is -0.478 e. The molecule has 28 heavy (non-hydrogen) atoms. The van der Waals surface area contributed by atoms with Gasteiger partial charge in [0.25, 0.3) is 0 Å². The van der Waals surface area contributed by atoms with Crippen molar-refractivity contribution in [2.75, 3.05) is 16.4 Å². The summed E-state index contributed by atoms with van der Waals surface area (Å²) in [4.78, 5) is 27.8. The van der Waals surface area contributed by atoms with Crippen LogP contribution in [0.1, 0.15) is 36.0 Å². The molecule has 4 rings (SSSR count). The summed E-state index contributed by atoms with van der Waals surface area (Å²) in [6, 6.07) is 4.30. The van der Waals surface area contributed by atoms with Gasteiger partial charge < -0.3 is 21.5 Å². The number of hydrogen-bond donors (Lipinski definition) is 4. The molecule has 0 saturated heterocycles. The molecule has 0 radical (unpaired) electrons. The number of rotatable bonds is 5. The Morgan fingerprint density at radius 3 is 2.29 bits per heavy atom. The summed E-state index contributed by atoms with van der Waals surface area (Å²) in [5, 5.41) is 15.8. The van der Waals surface area contributed by atoms with Gasteiger partial charge in [-0.1, -0.05) is 0 Å². The number of aromatic nitrogens is 4. The normalized spacial score (nSPS) is 19.3. The zero-order valence-corrected chi connectivity index (χ0v) is 15.2. The first-order valence-corrected chi connectivity index (χ1v) is 9.17. The maximum absolute atomic E-state index is 10.9. The molecule has 9 nitrogen and oxygen atoms in total. The van der Waals surface area contributed by atoms with E-state index in [0.717, 1.165) is 42.4 Å². The number of carboxylic acids is 1. The minimum absolute atomic E-state index is 0.0796. The number of fused-ring (bicyclic) bond motifs is 1. The summed E-state index contributed by atoms with van der Waals surface area (Å²) in [5.41, 5.74) is 9.25. The fraction of sp³-hybridized carbons (Fsp3) is 0.316. The molecule has 0 amide bonds. The number of benzene rings is 1. The van der Waals surface area contributed by atoms with Crippen LogP contribution in [0, 0.1) is 0 Å². The van der Waals surface area contributed by atoms with Crippen molar-refractivity contribution >= 4 is 34.3 Å². The molecular formula is C19H21N7O2. The lowest BCUT2D eigenvalue weighted by atomic mass is 9.91. The van der Waals surface area contributed by atoms with Gasteiger partial charge in [-0.3, -0.25) is 9.97 Å². The minimum atomic E-state index is -1.03. The third kappa shape index (κ3) is 3.93. The van der Waals surface area contributed by atoms with Gasteiger partial charge in [-0.05, 0) is 37.8 Å². The number of carbonyl (C=O) groups is 1. The fourth-order valence-corrected chi connectivity index (χ4v) is 3.50. The summed E-state index contributed by atoms with van der Waals surface area (Å²) in [6.45, 7) is 0. The number of anilines is 3. The van der Waals surface area contributed by atoms with Gasteiger partial charge in [0, 0.05) is 42.6 Å². The number of nitrogen functional groups attached to an aromatic ring is 1. The van der Waals surface area contributed by atoms with Crippen molar-refractivity contribution in [1.29, 1.82) is 0 Å². The van der Waals surface area contributed by atoms with Gasteiger partial charge in [0.2, 0.25) is 5.95 Å². The molecular weight excluding hydrogens is 358 g/mol. The average molecular weight is 379 g/mol. The monoisotopic (exact) mass is 379 g/mol. The predicted molar refractivity (Wildman–Crippen MR) is 106 cm³/mol. The summed E-state index contributed by atoms with van der Waals surface area (Å²) >= 11 is 0. The van der Waals surface area contributed by atoms with Crippen molar-refractivity contribution in [3.05, 3.63) is 42.5 Å². The second kappa shape index (κ2) is 7.63. The van der Waals surface area contributed by atoms with E-state index in [-0.39, 0.29) is 11.6 Å². The van der Waals surface area contributed by atoms with Crippen LogP contribution >= 0.6 is 0 Å². The van der Waals surface area contributed by atoms with Crippen molar-refractivity contribution in [2.45, 2.75) is 37.8 Å². The van der Waals surface area contributed by atoms with Gasteiger partial charge in [0.15, 0.2) is 0 Å². The number of nitrogens with zero attached hydrogens (tertiary/aromatic N) is 4. The second-order valence-electron chi connectivity index (χ2n) is 6.93. The first-order chi connectivity index (χ1) is 13.6. The van der Waals surface area contributed by atoms with Crippen LogP contribution in [0.5, 0.6) is 0 Å². The first kappa shape index (κ1) is 17.9. The highest BCUT2D eigenvalue weighted by atomic mass is 16.4. The summed E-state index contributed by atoms with van der Waals surface area (Å²) < 4.78 is 0. The molecule has 1 saturated carbocycles. The van der Waals surface area contributed by atoms with Gasteiger partial charge in [0.1, 0.15) is 5.52 Å². The van der Waals surface area contributed by atoms with Crippen LogP contribution in [0.3, 0.4) is 0 Å². The maximum atomic E-state index is 10.9. The van der Waals surface area contributed by atoms with E-state index in [0.29, 0.717) is 17.7 Å². The van der Waals surface area contributed by atoms with Crippen molar-refractivity contribution < 1.29 is 9.90 Å². The molecule has 1 fully saturated rings. The largest absolute Gasteiger partial charge is 0.478 e. The van der Waals surface area contributed by atoms with E-state index in [2.05, 4.69) is 30.6 Å². The molecule has 1 aliphatic rings. The number of nitrogens with one attached hydrogen (secondary N) is 2. The van der Waals surface area contributed by atoms with Crippen molar-refractivity contribution in [3.63, 3.8) is 0 Å². The van der Waals surface area contributed by atoms with Crippen LogP contribution in [0.15, 0.2) is 36.9 Å². The molecule has 2 heterocycles. The Hall–Kier alpha value is -3.49. The molecule has 144 valence electrons. The maximum Gasteiger partial charge on any atom is 0.338 e. The lowest BCUT2D eigenvalue weighted by molar-refractivity contribution is 0.0696. The van der Waals surface area contributed by atoms with E-state index in [1.165, 1.54) is 12.4 Å². The van der Waals surface area contributed by atoms with Crippen LogP contribution in [0.25, 0.3) is 11.0 Å². The lowest BCUT2D eigenvalue weighted by Gasteiger charge is -2.30. The van der Waals surface area contributed by atoms with Crippen molar-refractivity contribution in [2.24, 2.45) is 0 Å². The molecule has 0 bridgehead atoms. The van der Waals surface area contributed by atoms with E-state index < -0.39 is 5.97 Å². The van der Waals surface area contributed by atoms with Crippen LogP contribution in [-0.4, -0.2) is 43.1 Å². The number of carboxylic acid groups (broad SMARTS) is 1. The number of aromatic carboxylic acids is 1. The van der Waals surface area contributed by atoms with E-state index >= 15 is 0 Å². The smallest absolute Gasteiger partial charge is 0.338 e. The average Bonchev–Trinajstić information content (AvgIpc) is 2.70. The third-order valence-corrected chi connectivity index (χ3v) is 4.91. The van der Waals surface area contributed by atoms with Gasteiger partial charge in [-0.15, -0.1) is 0 Å². The number of nitrogens with two attached hydrogens (primary N) is 1. The molecule has 0 atom stereocenters. The summed E-state index contributed by atoms with van der Waals surface area (Å²) in [5.74, 6) is -0.574. The Morgan fingerprint density at radius 2 is 1.61 bits per heavy atom. The van der Waals surface area contributed by atoms with Crippen LogP contribution in [0.4, 0.5) is 17.3 Å². The number of hydrogen-bond acceptors (Lipinski definition) is 8. The molecule has 2 aromatic heterocycles. The molecule has 1 aliphatic carbocycles. The Bertz CT molecular complexity index is 985. The Morgan fingerprint density at radius 1 is 0.964 bits per heavy atom. The van der Waals surface area contributed by atoms with E-state index in [1.54, 1.807) is 12.4 Å². The van der Waals surface area contributed by atoms with Crippen LogP contribution < -0.4 is 16.4 Å². The highest BCUT2D eigenvalue weighted by molar-refractivity contribution is 5.90. The SMILES string of the molecule is Nc1cc(NC2CCC(Nc3ncc(C(=O)O)cn3)CC2)c2nccnc2c1. The van der Waals surface area contributed by atoms with Gasteiger partial charge in [-0.2, -0.15) is 0 Å². The summed E-state index contributed by atoms with van der Waals surface area (Å²) in [6.07, 6.45) is 9.82. The van der Waals surface area contributed by atoms with Crippen LogP contribution in [-0.2, 0) is 0 Å². The molecule has 9 heteroatoms. The summed E-state index contributed by atoms with van der Waals surface area (Å²) in [7, 11) is 0. The Kier molecular flexibility index (Phi) is 4.88. The second-order valence-corrected chi connectivity index (χ2v) is 6.93. The van der Waals surface area contributed by atoms with E-state index in [4.69, 9.17) is 10.8 Å². The zero-order valence-electron chi connectivity index (χ0n) is 15.2. The van der Waals surface area contributed by atoms with Gasteiger partial charge in [0.05, 0.1) is 16.8 Å². The third-order valence-electron chi connectivity index (χ3n) is 4.91. The molecule has 0 unspecified atom stereocenters. The van der Waals surface area contributed by atoms with Gasteiger partial charge in [-0.25, -0.2) is 14.8 Å².